The fourth-order valence-electron chi connectivity index (χ4n) is 4.23. The van der Waals surface area contributed by atoms with Gasteiger partial charge in [0.05, 0.1) is 17.0 Å². The first-order valence-electron chi connectivity index (χ1n) is 11.6. The van der Waals surface area contributed by atoms with Gasteiger partial charge in [0, 0.05) is 29.5 Å². The number of thioether (sulfide) groups is 1. The molecule has 2 aromatic carbocycles. The number of amides is 2. The van der Waals surface area contributed by atoms with Crippen LogP contribution in [0.3, 0.4) is 0 Å². The molecule has 1 saturated carbocycles. The fourth-order valence-corrected chi connectivity index (χ4v) is 5.11. The van der Waals surface area contributed by atoms with Gasteiger partial charge in [0.15, 0.2) is 0 Å². The van der Waals surface area contributed by atoms with Crippen molar-refractivity contribution in [3.63, 3.8) is 0 Å². The zero-order valence-electron chi connectivity index (χ0n) is 19.2. The molecular formula is C26H29FN4O2S. The molecule has 0 radical (unpaired) electrons. The van der Waals surface area contributed by atoms with E-state index in [-0.39, 0.29) is 17.6 Å². The predicted octanol–water partition coefficient (Wildman–Crippen LogP) is 5.36. The second kappa shape index (κ2) is 11.3. The lowest BCUT2D eigenvalue weighted by Gasteiger charge is -2.21. The average Bonchev–Trinajstić information content (AvgIpc) is 3.27. The summed E-state index contributed by atoms with van der Waals surface area (Å²) in [6.45, 7) is 2.52. The number of aryl methyl sites for hydroxylation is 1. The first-order chi connectivity index (χ1) is 16.5. The predicted molar refractivity (Wildman–Crippen MR) is 133 cm³/mol. The molecule has 8 heteroatoms. The maximum atomic E-state index is 14.7. The van der Waals surface area contributed by atoms with Gasteiger partial charge in [-0.2, -0.15) is 0 Å². The molecule has 4 rings (SSSR count). The van der Waals surface area contributed by atoms with Crippen molar-refractivity contribution in [1.82, 2.24) is 14.9 Å². The number of aromatic nitrogens is 2. The van der Waals surface area contributed by atoms with Crippen LogP contribution < -0.4 is 10.6 Å². The number of carbonyl (C=O) groups excluding carboxylic acids is 2. The number of carbonyl (C=O) groups is 2. The molecule has 0 atom stereocenters. The van der Waals surface area contributed by atoms with Gasteiger partial charge in [-0.25, -0.2) is 9.37 Å². The van der Waals surface area contributed by atoms with E-state index in [1.54, 1.807) is 48.1 Å². The summed E-state index contributed by atoms with van der Waals surface area (Å²) in [5.74, 6) is 0.644. The smallest absolute Gasteiger partial charge is 0.256 e. The number of hydrogen-bond acceptors (Lipinski definition) is 4. The number of rotatable bonds is 8. The van der Waals surface area contributed by atoms with Crippen molar-refractivity contribution in [2.24, 2.45) is 5.92 Å². The molecule has 6 nitrogen and oxygen atoms in total. The zero-order valence-corrected chi connectivity index (χ0v) is 20.0. The largest absolute Gasteiger partial charge is 0.355 e. The number of anilines is 1. The third kappa shape index (κ3) is 6.05. The molecule has 0 bridgehead atoms. The minimum absolute atomic E-state index is 0.0294. The van der Waals surface area contributed by atoms with Gasteiger partial charge in [0.25, 0.3) is 5.91 Å². The van der Waals surface area contributed by atoms with E-state index >= 15 is 0 Å². The average molecular weight is 481 g/mol. The number of imidazole rings is 1. The third-order valence-corrected chi connectivity index (χ3v) is 7.17. The lowest BCUT2D eigenvalue weighted by Crippen LogP contribution is -2.31. The maximum Gasteiger partial charge on any atom is 0.256 e. The summed E-state index contributed by atoms with van der Waals surface area (Å²) >= 11 is 1.33. The van der Waals surface area contributed by atoms with Crippen LogP contribution in [0.5, 0.6) is 0 Å². The Balaban J connectivity index is 1.36. The molecule has 178 valence electrons. The van der Waals surface area contributed by atoms with Crippen LogP contribution in [0, 0.1) is 18.7 Å². The van der Waals surface area contributed by atoms with Crippen molar-refractivity contribution < 1.29 is 14.0 Å². The van der Waals surface area contributed by atoms with E-state index in [2.05, 4.69) is 15.6 Å². The Morgan fingerprint density at radius 3 is 2.68 bits per heavy atom. The minimum atomic E-state index is -0.462. The van der Waals surface area contributed by atoms with Crippen molar-refractivity contribution in [3.8, 4) is 5.69 Å². The molecule has 2 amide bonds. The molecular weight excluding hydrogens is 451 g/mol. The van der Waals surface area contributed by atoms with E-state index in [9.17, 15) is 14.0 Å². The SMILES string of the molecule is Cc1nccn1-c1ccc(NC(=O)c2ccccc2SCC(=O)NCC2CCCCC2)cc1F. The summed E-state index contributed by atoms with van der Waals surface area (Å²) in [4.78, 5) is 30.1. The van der Waals surface area contributed by atoms with Crippen molar-refractivity contribution in [2.75, 3.05) is 17.6 Å². The van der Waals surface area contributed by atoms with Gasteiger partial charge in [0.2, 0.25) is 5.91 Å². The summed E-state index contributed by atoms with van der Waals surface area (Å²) in [5.41, 5.74) is 1.17. The van der Waals surface area contributed by atoms with Crippen molar-refractivity contribution in [2.45, 2.75) is 43.9 Å². The van der Waals surface area contributed by atoms with Crippen molar-refractivity contribution in [1.29, 1.82) is 0 Å². The lowest BCUT2D eigenvalue weighted by atomic mass is 9.89. The number of nitrogens with one attached hydrogen (secondary N) is 2. The van der Waals surface area contributed by atoms with Crippen LogP contribution in [0.4, 0.5) is 10.1 Å². The van der Waals surface area contributed by atoms with E-state index < -0.39 is 5.82 Å². The maximum absolute atomic E-state index is 14.7. The standard InChI is InChI=1S/C26H29FN4O2S/c1-18-28-13-14-31(18)23-12-11-20(15-22(23)27)30-26(33)21-9-5-6-10-24(21)34-17-25(32)29-16-19-7-3-2-4-8-19/h5-6,9-15,19H,2-4,7-8,16-17H2,1H3,(H,29,32)(H,30,33). The van der Waals surface area contributed by atoms with Gasteiger partial charge >= 0.3 is 0 Å². The minimum Gasteiger partial charge on any atom is -0.355 e. The molecule has 1 fully saturated rings. The van der Waals surface area contributed by atoms with E-state index in [4.69, 9.17) is 0 Å². The normalized spacial score (nSPS) is 14.1. The number of benzene rings is 2. The van der Waals surface area contributed by atoms with E-state index in [0.717, 1.165) is 6.54 Å². The number of halogens is 1. The van der Waals surface area contributed by atoms with Gasteiger partial charge in [-0.1, -0.05) is 31.4 Å². The Bertz CT molecular complexity index is 1160. The Kier molecular flexibility index (Phi) is 8.00. The molecule has 1 aliphatic rings. The molecule has 0 aliphatic heterocycles. The second-order valence-corrected chi connectivity index (χ2v) is 9.57. The molecule has 2 N–H and O–H groups in total. The van der Waals surface area contributed by atoms with Crippen LogP contribution in [0.1, 0.15) is 48.3 Å². The third-order valence-electron chi connectivity index (χ3n) is 6.09. The molecule has 34 heavy (non-hydrogen) atoms. The monoisotopic (exact) mass is 480 g/mol. The van der Waals surface area contributed by atoms with E-state index in [1.165, 1.54) is 49.9 Å². The van der Waals surface area contributed by atoms with Crippen LogP contribution in [-0.2, 0) is 4.79 Å². The molecule has 1 heterocycles. The first-order valence-corrected chi connectivity index (χ1v) is 12.6. The van der Waals surface area contributed by atoms with E-state index in [1.807, 2.05) is 12.1 Å². The summed E-state index contributed by atoms with van der Waals surface area (Å²) in [6.07, 6.45) is 9.43. The summed E-state index contributed by atoms with van der Waals surface area (Å²) < 4.78 is 16.3. The fraction of sp³-hybridized carbons (Fsp3) is 0.346. The van der Waals surface area contributed by atoms with Gasteiger partial charge in [0.1, 0.15) is 11.6 Å². The summed E-state index contributed by atoms with van der Waals surface area (Å²) in [7, 11) is 0. The molecule has 0 unspecified atom stereocenters. The van der Waals surface area contributed by atoms with Crippen LogP contribution in [0.25, 0.3) is 5.69 Å². The van der Waals surface area contributed by atoms with Crippen LogP contribution in [0.2, 0.25) is 0 Å². The first kappa shape index (κ1) is 24.0. The van der Waals surface area contributed by atoms with Gasteiger partial charge in [-0.15, -0.1) is 11.8 Å². The topological polar surface area (TPSA) is 76.0 Å². The highest BCUT2D eigenvalue weighted by atomic mass is 32.2. The Morgan fingerprint density at radius 2 is 1.94 bits per heavy atom. The van der Waals surface area contributed by atoms with Crippen LogP contribution >= 0.6 is 11.8 Å². The van der Waals surface area contributed by atoms with Gasteiger partial charge in [-0.3, -0.25) is 9.59 Å². The number of nitrogens with zero attached hydrogens (tertiary/aromatic N) is 2. The molecule has 3 aromatic rings. The zero-order chi connectivity index (χ0) is 23.9. The second-order valence-electron chi connectivity index (χ2n) is 8.56. The van der Waals surface area contributed by atoms with E-state index in [0.29, 0.717) is 33.6 Å². The van der Waals surface area contributed by atoms with Crippen LogP contribution in [-0.4, -0.2) is 33.7 Å². The van der Waals surface area contributed by atoms with Crippen molar-refractivity contribution >= 4 is 29.3 Å². The highest BCUT2D eigenvalue weighted by molar-refractivity contribution is 8.00. The van der Waals surface area contributed by atoms with Gasteiger partial charge in [-0.05, 0) is 56.0 Å². The van der Waals surface area contributed by atoms with Crippen molar-refractivity contribution in [3.05, 3.63) is 72.1 Å². The Hall–Kier alpha value is -3.13. The Morgan fingerprint density at radius 1 is 1.15 bits per heavy atom. The van der Waals surface area contributed by atoms with Crippen LogP contribution in [0.15, 0.2) is 59.8 Å². The molecule has 1 aliphatic carbocycles. The lowest BCUT2D eigenvalue weighted by molar-refractivity contribution is -0.118. The van der Waals surface area contributed by atoms with Gasteiger partial charge < -0.3 is 15.2 Å². The molecule has 1 aromatic heterocycles. The summed E-state index contributed by atoms with van der Waals surface area (Å²) in [6, 6.07) is 11.7. The number of hydrogen-bond donors (Lipinski definition) is 2. The highest BCUT2D eigenvalue weighted by Crippen LogP contribution is 2.26. The highest BCUT2D eigenvalue weighted by Gasteiger charge is 2.17. The Labute approximate surface area is 203 Å². The summed E-state index contributed by atoms with van der Waals surface area (Å²) in [5, 5.41) is 5.79. The quantitative estimate of drug-likeness (QED) is 0.426. The molecule has 0 saturated heterocycles. The molecule has 0 spiro atoms.